The molecule has 0 spiro atoms. The van der Waals surface area contributed by atoms with Gasteiger partial charge in [0.2, 0.25) is 5.91 Å². The van der Waals surface area contributed by atoms with Gasteiger partial charge in [0, 0.05) is 18.6 Å². The summed E-state index contributed by atoms with van der Waals surface area (Å²) >= 11 is 0. The third-order valence-corrected chi connectivity index (χ3v) is 3.62. The number of nitrogens with two attached hydrogens (primary N) is 1. The summed E-state index contributed by atoms with van der Waals surface area (Å²) in [6.07, 6.45) is 2.57. The third kappa shape index (κ3) is 4.28. The number of rotatable bonds is 4. The van der Waals surface area contributed by atoms with Crippen LogP contribution in [0.25, 0.3) is 0 Å². The number of nitrogens with zero attached hydrogens (tertiary/aromatic N) is 1. The number of carbonyl (C=O) groups excluding carboxylic acids is 1. The zero-order chi connectivity index (χ0) is 13.1. The van der Waals surface area contributed by atoms with E-state index in [2.05, 4.69) is 31.0 Å². The van der Waals surface area contributed by atoms with Crippen LogP contribution in [0.2, 0.25) is 0 Å². The highest BCUT2D eigenvalue weighted by Crippen LogP contribution is 2.23. The summed E-state index contributed by atoms with van der Waals surface area (Å²) < 4.78 is 0. The molecule has 4 heteroatoms. The van der Waals surface area contributed by atoms with Crippen LogP contribution < -0.4 is 11.1 Å². The lowest BCUT2D eigenvalue weighted by atomic mass is 9.93. The molecule has 0 aromatic rings. The Bertz CT molecular complexity index is 263. The Balaban J connectivity index is 2.46. The molecule has 0 radical (unpaired) electrons. The fourth-order valence-electron chi connectivity index (χ4n) is 2.32. The third-order valence-electron chi connectivity index (χ3n) is 3.62. The highest BCUT2D eigenvalue weighted by molar-refractivity contribution is 5.81. The number of hydrogen-bond acceptors (Lipinski definition) is 3. The largest absolute Gasteiger partial charge is 0.353 e. The van der Waals surface area contributed by atoms with Crippen LogP contribution in [0.15, 0.2) is 0 Å². The molecule has 100 valence electrons. The van der Waals surface area contributed by atoms with E-state index in [-0.39, 0.29) is 11.4 Å². The number of hydrogen-bond donors (Lipinski definition) is 2. The summed E-state index contributed by atoms with van der Waals surface area (Å²) in [5, 5.41) is 2.93. The summed E-state index contributed by atoms with van der Waals surface area (Å²) in [4.78, 5) is 14.0. The van der Waals surface area contributed by atoms with Crippen LogP contribution in [0.5, 0.6) is 0 Å². The zero-order valence-electron chi connectivity index (χ0n) is 11.6. The van der Waals surface area contributed by atoms with Crippen LogP contribution in [0.1, 0.15) is 40.5 Å². The van der Waals surface area contributed by atoms with E-state index in [4.69, 9.17) is 5.73 Å². The average molecular weight is 241 g/mol. The fourth-order valence-corrected chi connectivity index (χ4v) is 2.32. The van der Waals surface area contributed by atoms with Crippen molar-refractivity contribution >= 4 is 5.91 Å². The van der Waals surface area contributed by atoms with Gasteiger partial charge in [-0.05, 0) is 46.1 Å². The molecule has 3 N–H and O–H groups in total. The molecule has 1 fully saturated rings. The quantitative estimate of drug-likeness (QED) is 0.771. The van der Waals surface area contributed by atoms with E-state index in [1.165, 1.54) is 12.8 Å². The van der Waals surface area contributed by atoms with Gasteiger partial charge in [-0.25, -0.2) is 0 Å². The molecule has 2 atom stereocenters. The molecule has 0 aromatic heterocycles. The molecule has 2 unspecified atom stereocenters. The predicted octanol–water partition coefficient (Wildman–Crippen LogP) is 0.960. The topological polar surface area (TPSA) is 58.4 Å². The highest BCUT2D eigenvalue weighted by atomic mass is 16.2. The van der Waals surface area contributed by atoms with Crippen LogP contribution in [-0.4, -0.2) is 42.0 Å². The van der Waals surface area contributed by atoms with Crippen molar-refractivity contribution < 1.29 is 4.79 Å². The number of nitrogens with one attached hydrogen (secondary N) is 1. The second-order valence-corrected chi connectivity index (χ2v) is 6.01. The lowest BCUT2D eigenvalue weighted by molar-refractivity contribution is -0.122. The number of carbonyl (C=O) groups is 1. The molecule has 1 heterocycles. The van der Waals surface area contributed by atoms with Gasteiger partial charge >= 0.3 is 0 Å². The molecule has 0 aliphatic carbocycles. The highest BCUT2D eigenvalue weighted by Gasteiger charge is 2.30. The molecule has 0 saturated carbocycles. The Morgan fingerprint density at radius 1 is 1.59 bits per heavy atom. The van der Waals surface area contributed by atoms with Gasteiger partial charge in [0.25, 0.3) is 0 Å². The number of piperidine rings is 1. The van der Waals surface area contributed by atoms with Crippen molar-refractivity contribution in [1.29, 1.82) is 0 Å². The standard InChI is InChI=1S/C13H27N3O/c1-10-6-5-7-16(8-10)13(3,4)9-15-12(17)11(2)14/h10-11H,5-9,14H2,1-4H3,(H,15,17). The molecular formula is C13H27N3O. The number of amides is 1. The molecule has 4 nitrogen and oxygen atoms in total. The molecule has 1 saturated heterocycles. The fraction of sp³-hybridized carbons (Fsp3) is 0.923. The minimum Gasteiger partial charge on any atom is -0.353 e. The predicted molar refractivity (Wildman–Crippen MR) is 70.7 cm³/mol. The minimum absolute atomic E-state index is 0.0131. The molecule has 1 rings (SSSR count). The SMILES string of the molecule is CC1CCCN(C(C)(C)CNC(=O)C(C)N)C1. The van der Waals surface area contributed by atoms with Crippen LogP contribution >= 0.6 is 0 Å². The van der Waals surface area contributed by atoms with Gasteiger partial charge in [0.15, 0.2) is 0 Å². The first-order valence-electron chi connectivity index (χ1n) is 6.61. The molecule has 0 aromatic carbocycles. The van der Waals surface area contributed by atoms with E-state index < -0.39 is 6.04 Å². The molecular weight excluding hydrogens is 214 g/mol. The Labute approximate surface area is 105 Å². The maximum absolute atomic E-state index is 11.5. The van der Waals surface area contributed by atoms with Crippen molar-refractivity contribution in [3.8, 4) is 0 Å². The Morgan fingerprint density at radius 3 is 2.76 bits per heavy atom. The molecule has 0 bridgehead atoms. The van der Waals surface area contributed by atoms with Crippen molar-refractivity contribution in [2.24, 2.45) is 11.7 Å². The first-order valence-corrected chi connectivity index (χ1v) is 6.61. The van der Waals surface area contributed by atoms with E-state index in [0.717, 1.165) is 19.0 Å². The van der Waals surface area contributed by atoms with Gasteiger partial charge in [-0.3, -0.25) is 9.69 Å². The van der Waals surface area contributed by atoms with E-state index in [1.807, 2.05) is 0 Å². The monoisotopic (exact) mass is 241 g/mol. The normalized spacial score (nSPS) is 24.4. The lowest BCUT2D eigenvalue weighted by Crippen LogP contribution is -2.55. The minimum atomic E-state index is -0.425. The van der Waals surface area contributed by atoms with Gasteiger partial charge in [0.1, 0.15) is 0 Å². The molecule has 1 amide bonds. The van der Waals surface area contributed by atoms with Gasteiger partial charge in [0.05, 0.1) is 6.04 Å². The van der Waals surface area contributed by atoms with Crippen LogP contribution in [0.4, 0.5) is 0 Å². The Morgan fingerprint density at radius 2 is 2.24 bits per heavy atom. The van der Waals surface area contributed by atoms with Crippen molar-refractivity contribution in [3.63, 3.8) is 0 Å². The van der Waals surface area contributed by atoms with Crippen molar-refractivity contribution in [2.75, 3.05) is 19.6 Å². The van der Waals surface area contributed by atoms with Crippen LogP contribution in [-0.2, 0) is 4.79 Å². The maximum Gasteiger partial charge on any atom is 0.236 e. The van der Waals surface area contributed by atoms with Crippen molar-refractivity contribution in [1.82, 2.24) is 10.2 Å². The molecule has 1 aliphatic heterocycles. The first-order chi connectivity index (χ1) is 7.83. The summed E-state index contributed by atoms with van der Waals surface area (Å²) in [6, 6.07) is -0.425. The van der Waals surface area contributed by atoms with E-state index in [1.54, 1.807) is 6.92 Å². The van der Waals surface area contributed by atoms with Gasteiger partial charge in [-0.15, -0.1) is 0 Å². The van der Waals surface area contributed by atoms with Crippen LogP contribution in [0.3, 0.4) is 0 Å². The second-order valence-electron chi connectivity index (χ2n) is 6.01. The van der Waals surface area contributed by atoms with Gasteiger partial charge in [-0.2, -0.15) is 0 Å². The first kappa shape index (κ1) is 14.5. The molecule has 1 aliphatic rings. The van der Waals surface area contributed by atoms with E-state index >= 15 is 0 Å². The maximum atomic E-state index is 11.5. The van der Waals surface area contributed by atoms with Gasteiger partial charge < -0.3 is 11.1 Å². The van der Waals surface area contributed by atoms with Crippen LogP contribution in [0, 0.1) is 5.92 Å². The summed E-state index contributed by atoms with van der Waals surface area (Å²) in [7, 11) is 0. The average Bonchev–Trinajstić information content (AvgIpc) is 2.26. The molecule has 17 heavy (non-hydrogen) atoms. The lowest BCUT2D eigenvalue weighted by Gasteiger charge is -2.43. The zero-order valence-corrected chi connectivity index (χ0v) is 11.6. The summed E-state index contributed by atoms with van der Waals surface area (Å²) in [6.45, 7) is 11.3. The van der Waals surface area contributed by atoms with Gasteiger partial charge in [-0.1, -0.05) is 6.92 Å². The summed E-state index contributed by atoms with van der Waals surface area (Å²) in [5.41, 5.74) is 5.55. The Hall–Kier alpha value is -0.610. The van der Waals surface area contributed by atoms with E-state index in [0.29, 0.717) is 6.54 Å². The van der Waals surface area contributed by atoms with Crippen molar-refractivity contribution in [3.05, 3.63) is 0 Å². The summed E-state index contributed by atoms with van der Waals surface area (Å²) in [5.74, 6) is 0.690. The van der Waals surface area contributed by atoms with Crippen molar-refractivity contribution in [2.45, 2.75) is 52.1 Å². The number of likely N-dealkylation sites (tertiary alicyclic amines) is 1. The smallest absolute Gasteiger partial charge is 0.236 e. The second kappa shape index (κ2) is 5.83. The Kier molecular flexibility index (Phi) is 4.95. The van der Waals surface area contributed by atoms with E-state index in [9.17, 15) is 4.79 Å².